The van der Waals surface area contributed by atoms with Gasteiger partial charge in [0.25, 0.3) is 0 Å². The molecule has 14 heavy (non-hydrogen) atoms. The monoisotopic (exact) mass is 233 g/mol. The highest BCUT2D eigenvalue weighted by Crippen LogP contribution is 2.21. The first kappa shape index (κ1) is 11.8. The van der Waals surface area contributed by atoms with Gasteiger partial charge >= 0.3 is 0 Å². The molecule has 0 aromatic heterocycles. The fourth-order valence-corrected chi connectivity index (χ4v) is 1.64. The van der Waals surface area contributed by atoms with Crippen LogP contribution in [0.2, 0.25) is 10.0 Å². The summed E-state index contributed by atoms with van der Waals surface area (Å²) in [4.78, 5) is 0. The zero-order chi connectivity index (χ0) is 10.6. The highest BCUT2D eigenvalue weighted by atomic mass is 35.5. The minimum absolute atomic E-state index is 0.0454. The molecule has 2 N–H and O–H groups in total. The Morgan fingerprint density at radius 1 is 1.43 bits per heavy atom. The number of nitrogens with two attached hydrogens (primary N) is 1. The van der Waals surface area contributed by atoms with E-state index in [2.05, 4.69) is 0 Å². The maximum Gasteiger partial charge on any atom is 0.0616 e. The normalized spacial score (nSPS) is 12.9. The van der Waals surface area contributed by atoms with Crippen molar-refractivity contribution in [2.24, 2.45) is 5.73 Å². The molecule has 0 spiro atoms. The lowest BCUT2D eigenvalue weighted by atomic mass is 10.1. The second-order valence-electron chi connectivity index (χ2n) is 3.16. The fraction of sp³-hybridized carbons (Fsp3) is 0.400. The molecular formula is C10H13Cl2NO. The average molecular weight is 234 g/mol. The summed E-state index contributed by atoms with van der Waals surface area (Å²) >= 11 is 11.8. The fourth-order valence-electron chi connectivity index (χ4n) is 1.26. The molecule has 0 aliphatic heterocycles. The van der Waals surface area contributed by atoms with Gasteiger partial charge in [0, 0.05) is 23.2 Å². The van der Waals surface area contributed by atoms with Crippen LogP contribution < -0.4 is 5.73 Å². The number of halogens is 2. The molecule has 0 radical (unpaired) electrons. The van der Waals surface area contributed by atoms with Crippen molar-refractivity contribution in [3.63, 3.8) is 0 Å². The Labute approximate surface area is 94.0 Å². The Kier molecular flexibility index (Phi) is 4.69. The van der Waals surface area contributed by atoms with Crippen LogP contribution >= 0.6 is 23.2 Å². The summed E-state index contributed by atoms with van der Waals surface area (Å²) in [6.07, 6.45) is 0.674. The van der Waals surface area contributed by atoms with Crippen molar-refractivity contribution in [3.05, 3.63) is 33.8 Å². The summed E-state index contributed by atoms with van der Waals surface area (Å²) in [5.74, 6) is 0. The Hall–Kier alpha value is -0.280. The zero-order valence-corrected chi connectivity index (χ0v) is 9.48. The molecule has 1 rings (SSSR count). The van der Waals surface area contributed by atoms with E-state index in [0.717, 1.165) is 5.56 Å². The van der Waals surface area contributed by atoms with E-state index in [9.17, 15) is 0 Å². The molecule has 0 saturated carbocycles. The Morgan fingerprint density at radius 2 is 2.14 bits per heavy atom. The van der Waals surface area contributed by atoms with Gasteiger partial charge in [-0.3, -0.25) is 0 Å². The van der Waals surface area contributed by atoms with Crippen LogP contribution in [0.3, 0.4) is 0 Å². The second-order valence-corrected chi connectivity index (χ2v) is 4.00. The topological polar surface area (TPSA) is 35.2 Å². The van der Waals surface area contributed by atoms with E-state index in [0.29, 0.717) is 23.1 Å². The number of hydrogen-bond acceptors (Lipinski definition) is 2. The molecule has 2 nitrogen and oxygen atoms in total. The van der Waals surface area contributed by atoms with Crippen LogP contribution in [0.15, 0.2) is 18.2 Å². The summed E-state index contributed by atoms with van der Waals surface area (Å²) in [5, 5.41) is 1.37. The SMILES string of the molecule is COCC(N)Cc1cc(Cl)ccc1Cl. The van der Waals surface area contributed by atoms with Crippen LogP contribution in [0.25, 0.3) is 0 Å². The third kappa shape index (κ3) is 3.46. The number of rotatable bonds is 4. The maximum absolute atomic E-state index is 5.99. The number of ether oxygens (including phenoxy) is 1. The van der Waals surface area contributed by atoms with Crippen molar-refractivity contribution in [1.82, 2.24) is 0 Å². The molecule has 4 heteroatoms. The quantitative estimate of drug-likeness (QED) is 0.868. The van der Waals surface area contributed by atoms with Crippen LogP contribution in [0, 0.1) is 0 Å². The summed E-state index contributed by atoms with van der Waals surface area (Å²) in [6.45, 7) is 0.517. The number of hydrogen-bond donors (Lipinski definition) is 1. The van der Waals surface area contributed by atoms with E-state index < -0.39 is 0 Å². The molecule has 1 unspecified atom stereocenters. The van der Waals surface area contributed by atoms with Crippen molar-refractivity contribution in [2.45, 2.75) is 12.5 Å². The van der Waals surface area contributed by atoms with E-state index in [4.69, 9.17) is 33.7 Å². The standard InChI is InChI=1S/C10H13Cl2NO/c1-14-6-9(13)5-7-4-8(11)2-3-10(7)12/h2-4,9H,5-6,13H2,1H3. The van der Waals surface area contributed by atoms with Crippen molar-refractivity contribution in [2.75, 3.05) is 13.7 Å². The molecule has 78 valence electrons. The number of methoxy groups -OCH3 is 1. The minimum Gasteiger partial charge on any atom is -0.383 e. The molecule has 0 aliphatic carbocycles. The number of benzene rings is 1. The van der Waals surface area contributed by atoms with Gasteiger partial charge in [-0.2, -0.15) is 0 Å². The molecule has 1 atom stereocenters. The third-order valence-corrected chi connectivity index (χ3v) is 2.47. The smallest absolute Gasteiger partial charge is 0.0616 e. The van der Waals surface area contributed by atoms with Gasteiger partial charge in [0.1, 0.15) is 0 Å². The summed E-state index contributed by atoms with van der Waals surface area (Å²) in [6, 6.07) is 5.32. The lowest BCUT2D eigenvalue weighted by molar-refractivity contribution is 0.180. The highest BCUT2D eigenvalue weighted by molar-refractivity contribution is 6.33. The summed E-state index contributed by atoms with van der Waals surface area (Å²) in [5.41, 5.74) is 6.77. The maximum atomic E-state index is 5.99. The zero-order valence-electron chi connectivity index (χ0n) is 7.97. The molecule has 0 amide bonds. The molecule has 1 aromatic carbocycles. The van der Waals surface area contributed by atoms with E-state index in [-0.39, 0.29) is 6.04 Å². The Bertz CT molecular complexity index is 304. The minimum atomic E-state index is -0.0454. The summed E-state index contributed by atoms with van der Waals surface area (Å²) in [7, 11) is 1.62. The van der Waals surface area contributed by atoms with Gasteiger partial charge in [-0.1, -0.05) is 23.2 Å². The van der Waals surface area contributed by atoms with Gasteiger partial charge in [-0.05, 0) is 30.2 Å². The molecule has 0 aliphatic rings. The van der Waals surface area contributed by atoms with Crippen LogP contribution in [0.5, 0.6) is 0 Å². The first-order chi connectivity index (χ1) is 6.63. The van der Waals surface area contributed by atoms with E-state index in [1.54, 1.807) is 19.2 Å². The average Bonchev–Trinajstić information content (AvgIpc) is 2.12. The van der Waals surface area contributed by atoms with Crippen LogP contribution in [0.4, 0.5) is 0 Å². The van der Waals surface area contributed by atoms with Crippen LogP contribution in [-0.2, 0) is 11.2 Å². The van der Waals surface area contributed by atoms with Gasteiger partial charge < -0.3 is 10.5 Å². The van der Waals surface area contributed by atoms with Gasteiger partial charge in [-0.15, -0.1) is 0 Å². The highest BCUT2D eigenvalue weighted by Gasteiger charge is 2.07. The van der Waals surface area contributed by atoms with E-state index >= 15 is 0 Å². The second kappa shape index (κ2) is 5.56. The van der Waals surface area contributed by atoms with Crippen LogP contribution in [-0.4, -0.2) is 19.8 Å². The van der Waals surface area contributed by atoms with Crippen molar-refractivity contribution >= 4 is 23.2 Å². The Balaban J connectivity index is 2.70. The lowest BCUT2D eigenvalue weighted by Gasteiger charge is -2.11. The van der Waals surface area contributed by atoms with E-state index in [1.807, 2.05) is 6.07 Å². The summed E-state index contributed by atoms with van der Waals surface area (Å²) < 4.78 is 4.94. The lowest BCUT2D eigenvalue weighted by Crippen LogP contribution is -2.28. The van der Waals surface area contributed by atoms with Crippen LogP contribution in [0.1, 0.15) is 5.56 Å². The molecule has 0 fully saturated rings. The van der Waals surface area contributed by atoms with Gasteiger partial charge in [0.2, 0.25) is 0 Å². The molecule has 0 bridgehead atoms. The first-order valence-corrected chi connectivity index (χ1v) is 5.07. The molecule has 1 aromatic rings. The third-order valence-electron chi connectivity index (χ3n) is 1.87. The van der Waals surface area contributed by atoms with Crippen molar-refractivity contribution in [1.29, 1.82) is 0 Å². The largest absolute Gasteiger partial charge is 0.383 e. The van der Waals surface area contributed by atoms with Gasteiger partial charge in [0.05, 0.1) is 6.61 Å². The predicted molar refractivity (Wildman–Crippen MR) is 60.0 cm³/mol. The first-order valence-electron chi connectivity index (χ1n) is 4.32. The molecular weight excluding hydrogens is 221 g/mol. The van der Waals surface area contributed by atoms with Crippen molar-refractivity contribution in [3.8, 4) is 0 Å². The van der Waals surface area contributed by atoms with Gasteiger partial charge in [-0.25, -0.2) is 0 Å². The van der Waals surface area contributed by atoms with Crippen molar-refractivity contribution < 1.29 is 4.74 Å². The Morgan fingerprint density at radius 3 is 2.79 bits per heavy atom. The van der Waals surface area contributed by atoms with Gasteiger partial charge in [0.15, 0.2) is 0 Å². The predicted octanol–water partition coefficient (Wildman–Crippen LogP) is 2.51. The molecule has 0 saturated heterocycles. The molecule has 0 heterocycles. The van der Waals surface area contributed by atoms with E-state index in [1.165, 1.54) is 0 Å².